The average Bonchev–Trinajstić information content (AvgIpc) is 2.71. The molecule has 1 aromatic rings. The molecular weight excluding hydrogens is 428 g/mol. The number of aromatic hydroxyl groups is 1. The number of carboxylic acids is 1. The van der Waals surface area contributed by atoms with Gasteiger partial charge in [0.25, 0.3) is 0 Å². The normalized spacial score (nSPS) is 15.6. The van der Waals surface area contributed by atoms with Gasteiger partial charge in [0.15, 0.2) is 0 Å². The number of thiol groups is 1. The number of phenols is 1. The molecule has 0 bridgehead atoms. The van der Waals surface area contributed by atoms with Crippen LogP contribution in [-0.4, -0.2) is 75.0 Å². The number of phenolic OH excluding ortho intramolecular Hbond substituents is 1. The maximum Gasteiger partial charge on any atom is 0.326 e. The van der Waals surface area contributed by atoms with Gasteiger partial charge < -0.3 is 37.0 Å². The first-order valence-electron chi connectivity index (χ1n) is 9.42. The van der Waals surface area contributed by atoms with Crippen molar-refractivity contribution in [3.63, 3.8) is 0 Å². The minimum Gasteiger partial charge on any atom is -0.508 e. The average molecular weight is 457 g/mol. The Balaban J connectivity index is 2.82. The van der Waals surface area contributed by atoms with Gasteiger partial charge in [0.2, 0.25) is 17.7 Å². The molecule has 1 aromatic carbocycles. The van der Waals surface area contributed by atoms with E-state index in [9.17, 15) is 34.5 Å². The van der Waals surface area contributed by atoms with Gasteiger partial charge in [-0.05, 0) is 31.5 Å². The van der Waals surface area contributed by atoms with Gasteiger partial charge >= 0.3 is 5.97 Å². The molecule has 0 aliphatic carbocycles. The number of aliphatic hydroxyl groups excluding tert-OH is 1. The highest BCUT2D eigenvalue weighted by Gasteiger charge is 2.31. The largest absolute Gasteiger partial charge is 0.508 e. The van der Waals surface area contributed by atoms with E-state index in [2.05, 4.69) is 28.6 Å². The zero-order chi connectivity index (χ0) is 23.7. The van der Waals surface area contributed by atoms with Crippen LogP contribution < -0.4 is 21.7 Å². The second-order valence-electron chi connectivity index (χ2n) is 7.02. The molecule has 0 spiro atoms. The zero-order valence-electron chi connectivity index (χ0n) is 17.1. The number of carbonyl (C=O) groups excluding carboxylic acids is 3. The number of rotatable bonds is 11. The van der Waals surface area contributed by atoms with E-state index in [1.54, 1.807) is 0 Å². The summed E-state index contributed by atoms with van der Waals surface area (Å²) in [6, 6.07) is 0.962. The summed E-state index contributed by atoms with van der Waals surface area (Å²) >= 11 is 3.89. The quantitative estimate of drug-likeness (QED) is 0.178. The van der Waals surface area contributed by atoms with Crippen molar-refractivity contribution in [1.82, 2.24) is 16.0 Å². The van der Waals surface area contributed by atoms with Crippen LogP contribution >= 0.6 is 12.6 Å². The van der Waals surface area contributed by atoms with Gasteiger partial charge in [-0.3, -0.25) is 14.4 Å². The van der Waals surface area contributed by atoms with Crippen molar-refractivity contribution in [2.45, 2.75) is 50.5 Å². The van der Waals surface area contributed by atoms with E-state index in [-0.39, 0.29) is 17.9 Å². The fraction of sp³-hybridized carbons (Fsp3) is 0.474. The lowest BCUT2D eigenvalue weighted by Gasteiger charge is -2.25. The molecule has 31 heavy (non-hydrogen) atoms. The Morgan fingerprint density at radius 1 is 1.00 bits per heavy atom. The number of aliphatic hydroxyl groups is 1. The van der Waals surface area contributed by atoms with Crippen molar-refractivity contribution >= 4 is 36.3 Å². The Hall–Kier alpha value is -2.83. The van der Waals surface area contributed by atoms with Crippen molar-refractivity contribution < 1.29 is 34.5 Å². The summed E-state index contributed by atoms with van der Waals surface area (Å²) in [5.41, 5.74) is 6.07. The van der Waals surface area contributed by atoms with Gasteiger partial charge in [0.05, 0.1) is 12.1 Å². The van der Waals surface area contributed by atoms with Crippen LogP contribution in [0.1, 0.15) is 19.4 Å². The van der Waals surface area contributed by atoms with Gasteiger partial charge in [-0.2, -0.15) is 12.6 Å². The van der Waals surface area contributed by atoms with Crippen molar-refractivity contribution in [2.24, 2.45) is 5.73 Å². The summed E-state index contributed by atoms with van der Waals surface area (Å²) in [5.74, 6) is -3.55. The molecule has 5 unspecified atom stereocenters. The molecule has 0 radical (unpaired) electrons. The fourth-order valence-electron chi connectivity index (χ4n) is 2.48. The molecule has 8 N–H and O–H groups in total. The van der Waals surface area contributed by atoms with E-state index in [1.165, 1.54) is 38.1 Å². The number of amides is 3. The third-order valence-electron chi connectivity index (χ3n) is 4.34. The van der Waals surface area contributed by atoms with Crippen LogP contribution in [0.3, 0.4) is 0 Å². The van der Waals surface area contributed by atoms with Crippen LogP contribution in [0.15, 0.2) is 24.3 Å². The smallest absolute Gasteiger partial charge is 0.326 e. The number of carboxylic acid groups (broad SMARTS) is 1. The van der Waals surface area contributed by atoms with E-state index in [4.69, 9.17) is 5.73 Å². The molecule has 1 rings (SSSR count). The molecule has 0 aliphatic heterocycles. The lowest BCUT2D eigenvalue weighted by Crippen LogP contribution is -2.59. The highest BCUT2D eigenvalue weighted by Crippen LogP contribution is 2.11. The lowest BCUT2D eigenvalue weighted by atomic mass is 10.0. The van der Waals surface area contributed by atoms with Gasteiger partial charge in [-0.15, -0.1) is 0 Å². The number of hydrogen-bond donors (Lipinski definition) is 8. The van der Waals surface area contributed by atoms with E-state index in [1.807, 2.05) is 0 Å². The summed E-state index contributed by atoms with van der Waals surface area (Å²) in [7, 11) is 0. The third kappa shape index (κ3) is 8.44. The summed E-state index contributed by atoms with van der Waals surface area (Å²) in [4.78, 5) is 48.3. The SMILES string of the molecule is CC(NC(=O)C(N)CS)C(=O)NC(C(=O)NC(Cc1ccc(O)cc1)C(=O)O)C(C)O. The van der Waals surface area contributed by atoms with Gasteiger partial charge in [0, 0.05) is 12.2 Å². The predicted octanol–water partition coefficient (Wildman–Crippen LogP) is -1.87. The van der Waals surface area contributed by atoms with E-state index in [0.717, 1.165) is 0 Å². The van der Waals surface area contributed by atoms with Crippen molar-refractivity contribution in [3.8, 4) is 5.75 Å². The minimum absolute atomic E-state index is 0.00748. The Kier molecular flexibility index (Phi) is 10.3. The molecule has 0 aliphatic rings. The highest BCUT2D eigenvalue weighted by molar-refractivity contribution is 7.80. The molecule has 0 saturated heterocycles. The zero-order valence-corrected chi connectivity index (χ0v) is 18.0. The van der Waals surface area contributed by atoms with Crippen LogP contribution in [0.2, 0.25) is 0 Å². The van der Waals surface area contributed by atoms with Gasteiger partial charge in [-0.25, -0.2) is 4.79 Å². The van der Waals surface area contributed by atoms with Crippen molar-refractivity contribution in [1.29, 1.82) is 0 Å². The lowest BCUT2D eigenvalue weighted by molar-refractivity contribution is -0.143. The van der Waals surface area contributed by atoms with Crippen molar-refractivity contribution in [3.05, 3.63) is 29.8 Å². The topological polar surface area (TPSA) is 191 Å². The van der Waals surface area contributed by atoms with Crippen LogP contribution in [0, 0.1) is 0 Å². The Bertz CT molecular complexity index is 788. The maximum absolute atomic E-state index is 12.6. The Morgan fingerprint density at radius 3 is 2.06 bits per heavy atom. The Labute approximate surface area is 184 Å². The molecule has 0 aromatic heterocycles. The second-order valence-corrected chi connectivity index (χ2v) is 7.38. The summed E-state index contributed by atoms with van der Waals surface area (Å²) in [5, 5.41) is 35.6. The standard InChI is InChI=1S/C19H28N4O7S/c1-9(21-17(27)13(20)8-31)16(26)23-15(10(2)24)18(28)22-14(19(29)30)7-11-3-5-12(25)6-4-11/h3-6,9-10,13-15,24-25,31H,7-8,20H2,1-2H3,(H,21,27)(H,22,28)(H,23,26)(H,29,30). The highest BCUT2D eigenvalue weighted by atomic mass is 32.1. The molecule has 5 atom stereocenters. The number of benzene rings is 1. The monoisotopic (exact) mass is 456 g/mol. The molecule has 3 amide bonds. The van der Waals surface area contributed by atoms with Gasteiger partial charge in [-0.1, -0.05) is 12.1 Å². The van der Waals surface area contributed by atoms with Crippen molar-refractivity contribution in [2.75, 3.05) is 5.75 Å². The summed E-state index contributed by atoms with van der Waals surface area (Å²) < 4.78 is 0. The molecule has 12 heteroatoms. The molecule has 0 saturated carbocycles. The van der Waals surface area contributed by atoms with Gasteiger partial charge in [0.1, 0.15) is 23.9 Å². The van der Waals surface area contributed by atoms with Crippen LogP contribution in [0.5, 0.6) is 5.75 Å². The van der Waals surface area contributed by atoms with E-state index >= 15 is 0 Å². The van der Waals surface area contributed by atoms with Crippen LogP contribution in [0.4, 0.5) is 0 Å². The molecule has 172 valence electrons. The fourth-order valence-corrected chi connectivity index (χ4v) is 2.65. The first kappa shape index (κ1) is 26.2. The first-order chi connectivity index (χ1) is 14.5. The number of carbonyl (C=O) groups is 4. The molecule has 0 fully saturated rings. The van der Waals surface area contributed by atoms with E-state index in [0.29, 0.717) is 5.56 Å². The number of nitrogens with two attached hydrogens (primary N) is 1. The minimum atomic E-state index is -1.47. The second kappa shape index (κ2) is 12.1. The number of hydrogen-bond acceptors (Lipinski definition) is 8. The predicted molar refractivity (Wildman–Crippen MR) is 114 cm³/mol. The maximum atomic E-state index is 12.6. The number of aliphatic carboxylic acids is 1. The van der Waals surface area contributed by atoms with E-state index < -0.39 is 54.0 Å². The molecular formula is C19H28N4O7S. The number of nitrogens with one attached hydrogen (secondary N) is 3. The van der Waals surface area contributed by atoms with Crippen LogP contribution in [0.25, 0.3) is 0 Å². The Morgan fingerprint density at radius 2 is 1.58 bits per heavy atom. The summed E-state index contributed by atoms with van der Waals surface area (Å²) in [6.07, 6.45) is -1.44. The molecule has 0 heterocycles. The first-order valence-corrected chi connectivity index (χ1v) is 10.1. The summed E-state index contributed by atoms with van der Waals surface area (Å²) in [6.45, 7) is 2.61. The van der Waals surface area contributed by atoms with Crippen LogP contribution in [-0.2, 0) is 25.6 Å². The third-order valence-corrected chi connectivity index (χ3v) is 4.73. The molecule has 11 nitrogen and oxygen atoms in total.